The van der Waals surface area contributed by atoms with Crippen LogP contribution in [0.15, 0.2) is 29.4 Å². The molecule has 13 heavy (non-hydrogen) atoms. The molecular formula is C10H12N2O. The molecule has 0 bridgehead atoms. The highest BCUT2D eigenvalue weighted by molar-refractivity contribution is 6.26. The number of hydrogen-bond acceptors (Lipinski definition) is 3. The van der Waals surface area contributed by atoms with Gasteiger partial charge in [0.25, 0.3) is 0 Å². The van der Waals surface area contributed by atoms with E-state index in [1.165, 1.54) is 18.7 Å². The van der Waals surface area contributed by atoms with Crippen LogP contribution < -0.4 is 5.43 Å². The van der Waals surface area contributed by atoms with Gasteiger partial charge >= 0.3 is 0 Å². The van der Waals surface area contributed by atoms with Gasteiger partial charge < -0.3 is 0 Å². The second-order valence-electron chi connectivity index (χ2n) is 2.85. The Morgan fingerprint density at radius 1 is 1.38 bits per heavy atom. The predicted molar refractivity (Wildman–Crippen MR) is 54.0 cm³/mol. The monoisotopic (exact) mass is 176 g/mol. The van der Waals surface area contributed by atoms with Gasteiger partial charge in [0.05, 0.1) is 11.9 Å². The summed E-state index contributed by atoms with van der Waals surface area (Å²) in [5.74, 6) is -0.0698. The number of hydrogen-bond donors (Lipinski definition) is 1. The van der Waals surface area contributed by atoms with Crippen molar-refractivity contribution < 1.29 is 4.79 Å². The zero-order chi connectivity index (χ0) is 9.68. The van der Waals surface area contributed by atoms with Crippen LogP contribution in [0.2, 0.25) is 0 Å². The molecule has 68 valence electrons. The summed E-state index contributed by atoms with van der Waals surface area (Å²) in [7, 11) is 0. The highest BCUT2D eigenvalue weighted by Crippen LogP contribution is 2.07. The maximum Gasteiger partial charge on any atom is 0.172 e. The van der Waals surface area contributed by atoms with Gasteiger partial charge in [0.15, 0.2) is 5.78 Å². The highest BCUT2D eigenvalue weighted by Gasteiger charge is 1.88. The van der Waals surface area contributed by atoms with Gasteiger partial charge in [0.1, 0.15) is 0 Å². The van der Waals surface area contributed by atoms with E-state index < -0.39 is 0 Å². The quantitative estimate of drug-likeness (QED) is 0.565. The molecule has 1 aromatic carbocycles. The molecule has 0 aliphatic carbocycles. The summed E-state index contributed by atoms with van der Waals surface area (Å²) in [6.07, 6.45) is 1.25. The Morgan fingerprint density at radius 2 is 2.00 bits per heavy atom. The number of benzene rings is 1. The first kappa shape index (κ1) is 9.45. The topological polar surface area (TPSA) is 41.5 Å². The number of carbonyl (C=O) groups excluding carboxylic acids is 1. The average Bonchev–Trinajstić information content (AvgIpc) is 2.08. The molecule has 0 amide bonds. The van der Waals surface area contributed by atoms with Crippen LogP contribution in [0.25, 0.3) is 0 Å². The Kier molecular flexibility index (Phi) is 3.20. The summed E-state index contributed by atoms with van der Waals surface area (Å²) in [6, 6.07) is 7.77. The van der Waals surface area contributed by atoms with E-state index in [9.17, 15) is 4.79 Å². The standard InChI is InChI=1S/C10H12N2O/c1-8-3-5-10(6-4-8)12-11-7-9(2)13/h3-7,12H,1-2H3/b11-7+. The normalized spacial score (nSPS) is 10.3. The van der Waals surface area contributed by atoms with Crippen molar-refractivity contribution in [3.8, 4) is 0 Å². The lowest BCUT2D eigenvalue weighted by molar-refractivity contribution is -0.110. The van der Waals surface area contributed by atoms with Crippen LogP contribution >= 0.6 is 0 Å². The number of aryl methyl sites for hydroxylation is 1. The predicted octanol–water partition coefficient (Wildman–Crippen LogP) is 1.98. The Labute approximate surface area is 77.5 Å². The molecule has 3 nitrogen and oxygen atoms in total. The number of carbonyl (C=O) groups is 1. The summed E-state index contributed by atoms with van der Waals surface area (Å²) in [4.78, 5) is 10.5. The third-order valence-corrected chi connectivity index (χ3v) is 1.49. The summed E-state index contributed by atoms with van der Waals surface area (Å²) in [6.45, 7) is 3.48. The number of nitrogens with zero attached hydrogens (tertiary/aromatic N) is 1. The molecule has 0 atom stereocenters. The first-order chi connectivity index (χ1) is 6.18. The summed E-state index contributed by atoms with van der Waals surface area (Å²) in [5, 5.41) is 3.75. The van der Waals surface area contributed by atoms with E-state index in [1.54, 1.807) is 0 Å². The fraction of sp³-hybridized carbons (Fsp3) is 0.200. The molecule has 0 heterocycles. The minimum absolute atomic E-state index is 0.0698. The molecule has 0 saturated carbocycles. The number of anilines is 1. The van der Waals surface area contributed by atoms with E-state index in [0.717, 1.165) is 5.69 Å². The van der Waals surface area contributed by atoms with Crippen LogP contribution in [0.4, 0.5) is 5.69 Å². The van der Waals surface area contributed by atoms with Gasteiger partial charge in [-0.2, -0.15) is 5.10 Å². The fourth-order valence-electron chi connectivity index (χ4n) is 0.826. The molecule has 0 unspecified atom stereocenters. The minimum Gasteiger partial charge on any atom is -0.293 e. The van der Waals surface area contributed by atoms with Crippen LogP contribution in [0.5, 0.6) is 0 Å². The molecule has 0 aliphatic heterocycles. The molecule has 1 N–H and O–H groups in total. The number of ketones is 1. The van der Waals surface area contributed by atoms with Crippen LogP contribution in [0.3, 0.4) is 0 Å². The Morgan fingerprint density at radius 3 is 2.54 bits per heavy atom. The Hall–Kier alpha value is -1.64. The molecule has 0 fully saturated rings. The third-order valence-electron chi connectivity index (χ3n) is 1.49. The van der Waals surface area contributed by atoms with Crippen molar-refractivity contribution in [1.29, 1.82) is 0 Å². The van der Waals surface area contributed by atoms with Gasteiger partial charge in [-0.1, -0.05) is 17.7 Å². The molecule has 3 heteroatoms. The second kappa shape index (κ2) is 4.40. The smallest absolute Gasteiger partial charge is 0.172 e. The lowest BCUT2D eigenvalue weighted by Crippen LogP contribution is -1.95. The first-order valence-corrected chi connectivity index (χ1v) is 4.05. The second-order valence-corrected chi connectivity index (χ2v) is 2.85. The van der Waals surface area contributed by atoms with Crippen molar-refractivity contribution in [2.45, 2.75) is 13.8 Å². The van der Waals surface area contributed by atoms with Crippen LogP contribution in [0, 0.1) is 6.92 Å². The van der Waals surface area contributed by atoms with Crippen LogP contribution in [-0.4, -0.2) is 12.0 Å². The van der Waals surface area contributed by atoms with E-state index in [4.69, 9.17) is 0 Å². The van der Waals surface area contributed by atoms with Gasteiger partial charge in [-0.15, -0.1) is 0 Å². The number of nitrogens with one attached hydrogen (secondary N) is 1. The fourth-order valence-corrected chi connectivity index (χ4v) is 0.826. The maximum absolute atomic E-state index is 10.5. The van der Waals surface area contributed by atoms with E-state index in [-0.39, 0.29) is 5.78 Å². The lowest BCUT2D eigenvalue weighted by atomic mass is 10.2. The first-order valence-electron chi connectivity index (χ1n) is 4.05. The molecular weight excluding hydrogens is 164 g/mol. The zero-order valence-corrected chi connectivity index (χ0v) is 7.74. The van der Waals surface area contributed by atoms with Crippen molar-refractivity contribution in [3.63, 3.8) is 0 Å². The largest absolute Gasteiger partial charge is 0.293 e. The van der Waals surface area contributed by atoms with Crippen molar-refractivity contribution in [3.05, 3.63) is 29.8 Å². The molecule has 1 rings (SSSR count). The minimum atomic E-state index is -0.0698. The van der Waals surface area contributed by atoms with E-state index in [2.05, 4.69) is 10.5 Å². The highest BCUT2D eigenvalue weighted by atomic mass is 16.1. The van der Waals surface area contributed by atoms with Crippen molar-refractivity contribution in [2.24, 2.45) is 5.10 Å². The number of hydrazone groups is 1. The van der Waals surface area contributed by atoms with Gasteiger partial charge in [-0.05, 0) is 19.1 Å². The van der Waals surface area contributed by atoms with Crippen LogP contribution in [0.1, 0.15) is 12.5 Å². The number of rotatable bonds is 3. The van der Waals surface area contributed by atoms with Gasteiger partial charge in [0.2, 0.25) is 0 Å². The molecule has 0 aromatic heterocycles. The average molecular weight is 176 g/mol. The molecule has 0 spiro atoms. The lowest BCUT2D eigenvalue weighted by Gasteiger charge is -1.98. The molecule has 1 aromatic rings. The Bertz CT molecular complexity index is 314. The summed E-state index contributed by atoms with van der Waals surface area (Å²) >= 11 is 0. The molecule has 0 saturated heterocycles. The zero-order valence-electron chi connectivity index (χ0n) is 7.74. The maximum atomic E-state index is 10.5. The van der Waals surface area contributed by atoms with Crippen molar-refractivity contribution >= 4 is 17.7 Å². The van der Waals surface area contributed by atoms with Crippen molar-refractivity contribution in [2.75, 3.05) is 5.43 Å². The van der Waals surface area contributed by atoms with E-state index >= 15 is 0 Å². The van der Waals surface area contributed by atoms with Crippen LogP contribution in [-0.2, 0) is 4.79 Å². The summed E-state index contributed by atoms with van der Waals surface area (Å²) in [5.41, 5.74) is 4.83. The van der Waals surface area contributed by atoms with Gasteiger partial charge in [-0.3, -0.25) is 10.2 Å². The van der Waals surface area contributed by atoms with Crippen molar-refractivity contribution in [1.82, 2.24) is 0 Å². The third kappa shape index (κ3) is 3.51. The van der Waals surface area contributed by atoms with Gasteiger partial charge in [0, 0.05) is 6.92 Å². The SMILES string of the molecule is CC(=O)/C=N/Nc1ccc(C)cc1. The van der Waals surface area contributed by atoms with E-state index in [1.807, 2.05) is 31.2 Å². The molecule has 0 aliphatic rings. The van der Waals surface area contributed by atoms with E-state index in [0.29, 0.717) is 0 Å². The Balaban J connectivity index is 2.55. The van der Waals surface area contributed by atoms with Gasteiger partial charge in [-0.25, -0.2) is 0 Å². The summed E-state index contributed by atoms with van der Waals surface area (Å²) < 4.78 is 0. The molecule has 0 radical (unpaired) electrons. The number of Topliss-reactive ketones (excluding diaryl/α,β-unsaturated/α-hetero) is 1.